The number of aliphatic hydroxyl groups is 1. The molecule has 1 N–H and O–H groups in total. The van der Waals surface area contributed by atoms with Crippen molar-refractivity contribution in [2.24, 2.45) is 5.41 Å². The maximum Gasteiger partial charge on any atom is 0.0436 e. The van der Waals surface area contributed by atoms with E-state index < -0.39 is 0 Å². The molecule has 1 aliphatic rings. The summed E-state index contributed by atoms with van der Waals surface area (Å²) in [7, 11) is 0. The van der Waals surface area contributed by atoms with Crippen LogP contribution in [0.2, 0.25) is 0 Å². The highest BCUT2D eigenvalue weighted by atomic mass is 16.3. The standard InChI is InChI=1S/C10H18O/c1-9-3-5-10(2,6-4-9)7-8-11/h3,11H,4-8H2,1-2H3. The average molecular weight is 154 g/mol. The van der Waals surface area contributed by atoms with Crippen LogP contribution < -0.4 is 0 Å². The molecule has 1 nitrogen and oxygen atoms in total. The van der Waals surface area contributed by atoms with Crippen molar-refractivity contribution in [3.8, 4) is 0 Å². The van der Waals surface area contributed by atoms with Crippen LogP contribution in [0, 0.1) is 5.41 Å². The molecular formula is C10H18O. The number of aliphatic hydroxyl groups excluding tert-OH is 1. The smallest absolute Gasteiger partial charge is 0.0436 e. The summed E-state index contributed by atoms with van der Waals surface area (Å²) in [5, 5.41) is 8.83. The molecule has 1 unspecified atom stereocenters. The van der Waals surface area contributed by atoms with E-state index in [1.807, 2.05) is 0 Å². The minimum absolute atomic E-state index is 0.337. The third-order valence-electron chi connectivity index (χ3n) is 2.78. The second kappa shape index (κ2) is 3.40. The van der Waals surface area contributed by atoms with Gasteiger partial charge in [0.05, 0.1) is 0 Å². The van der Waals surface area contributed by atoms with Gasteiger partial charge in [-0.05, 0) is 38.0 Å². The Morgan fingerprint density at radius 1 is 1.64 bits per heavy atom. The third kappa shape index (κ3) is 2.33. The van der Waals surface area contributed by atoms with Gasteiger partial charge in [0.15, 0.2) is 0 Å². The van der Waals surface area contributed by atoms with Gasteiger partial charge >= 0.3 is 0 Å². The van der Waals surface area contributed by atoms with Gasteiger partial charge in [-0.2, -0.15) is 0 Å². The highest BCUT2D eigenvalue weighted by Gasteiger charge is 2.24. The summed E-state index contributed by atoms with van der Waals surface area (Å²) >= 11 is 0. The zero-order chi connectivity index (χ0) is 8.32. The maximum atomic E-state index is 8.83. The van der Waals surface area contributed by atoms with E-state index in [9.17, 15) is 0 Å². The number of rotatable bonds is 2. The van der Waals surface area contributed by atoms with E-state index in [1.165, 1.54) is 18.4 Å². The molecule has 1 heteroatoms. The Morgan fingerprint density at radius 3 is 2.82 bits per heavy atom. The zero-order valence-electron chi connectivity index (χ0n) is 7.56. The van der Waals surface area contributed by atoms with Crippen LogP contribution in [0.15, 0.2) is 11.6 Å². The first-order valence-electron chi connectivity index (χ1n) is 4.43. The van der Waals surface area contributed by atoms with E-state index in [4.69, 9.17) is 5.11 Å². The minimum Gasteiger partial charge on any atom is -0.396 e. The van der Waals surface area contributed by atoms with E-state index >= 15 is 0 Å². The van der Waals surface area contributed by atoms with Gasteiger partial charge in [-0.1, -0.05) is 18.6 Å². The molecule has 0 fully saturated rings. The van der Waals surface area contributed by atoms with Crippen molar-refractivity contribution in [3.05, 3.63) is 11.6 Å². The topological polar surface area (TPSA) is 20.2 Å². The lowest BCUT2D eigenvalue weighted by Gasteiger charge is -2.31. The normalized spacial score (nSPS) is 31.7. The van der Waals surface area contributed by atoms with Gasteiger partial charge in [-0.25, -0.2) is 0 Å². The van der Waals surface area contributed by atoms with Crippen molar-refractivity contribution in [3.63, 3.8) is 0 Å². The second-order valence-corrected chi connectivity index (χ2v) is 4.04. The molecule has 1 rings (SSSR count). The summed E-state index contributed by atoms with van der Waals surface area (Å²) in [5.41, 5.74) is 1.90. The Hall–Kier alpha value is -0.300. The Balaban J connectivity index is 2.49. The average Bonchev–Trinajstić information content (AvgIpc) is 1.97. The van der Waals surface area contributed by atoms with Crippen LogP contribution in [-0.2, 0) is 0 Å². The molecule has 0 aromatic carbocycles. The van der Waals surface area contributed by atoms with Crippen molar-refractivity contribution < 1.29 is 5.11 Å². The molecule has 0 spiro atoms. The fraction of sp³-hybridized carbons (Fsp3) is 0.800. The molecule has 0 aromatic heterocycles. The predicted molar refractivity (Wildman–Crippen MR) is 47.4 cm³/mol. The molecule has 1 aliphatic carbocycles. The summed E-state index contributed by atoms with van der Waals surface area (Å²) in [6.45, 7) is 4.80. The fourth-order valence-corrected chi connectivity index (χ4v) is 1.62. The quantitative estimate of drug-likeness (QED) is 0.606. The lowest BCUT2D eigenvalue weighted by atomic mass is 9.75. The van der Waals surface area contributed by atoms with Crippen molar-refractivity contribution in [1.29, 1.82) is 0 Å². The molecule has 0 bridgehead atoms. The molecule has 0 saturated carbocycles. The van der Waals surface area contributed by atoms with Gasteiger partial charge in [0.2, 0.25) is 0 Å². The number of hydrogen-bond acceptors (Lipinski definition) is 1. The molecule has 11 heavy (non-hydrogen) atoms. The molecule has 1 atom stereocenters. The van der Waals surface area contributed by atoms with Crippen molar-refractivity contribution >= 4 is 0 Å². The first-order valence-corrected chi connectivity index (χ1v) is 4.43. The van der Waals surface area contributed by atoms with Gasteiger partial charge < -0.3 is 5.11 Å². The summed E-state index contributed by atoms with van der Waals surface area (Å²) in [4.78, 5) is 0. The molecular weight excluding hydrogens is 136 g/mol. The molecule has 0 radical (unpaired) electrons. The summed E-state index contributed by atoms with van der Waals surface area (Å²) < 4.78 is 0. The van der Waals surface area contributed by atoms with Crippen molar-refractivity contribution in [2.45, 2.75) is 39.5 Å². The predicted octanol–water partition coefficient (Wildman–Crippen LogP) is 2.51. The van der Waals surface area contributed by atoms with Crippen LogP contribution in [0.25, 0.3) is 0 Å². The van der Waals surface area contributed by atoms with Gasteiger partial charge in [0.1, 0.15) is 0 Å². The van der Waals surface area contributed by atoms with Crippen LogP contribution >= 0.6 is 0 Å². The lowest BCUT2D eigenvalue weighted by Crippen LogP contribution is -2.20. The van der Waals surface area contributed by atoms with Gasteiger partial charge in [0, 0.05) is 6.61 Å². The molecule has 64 valence electrons. The largest absolute Gasteiger partial charge is 0.396 e. The van der Waals surface area contributed by atoms with Gasteiger partial charge in [-0.15, -0.1) is 0 Å². The van der Waals surface area contributed by atoms with Crippen molar-refractivity contribution in [2.75, 3.05) is 6.61 Å². The lowest BCUT2D eigenvalue weighted by molar-refractivity contribution is 0.182. The van der Waals surface area contributed by atoms with Crippen molar-refractivity contribution in [1.82, 2.24) is 0 Å². The van der Waals surface area contributed by atoms with E-state index in [0.29, 0.717) is 12.0 Å². The summed E-state index contributed by atoms with van der Waals surface area (Å²) in [6.07, 6.45) is 6.89. The second-order valence-electron chi connectivity index (χ2n) is 4.04. The van der Waals surface area contributed by atoms with E-state index in [2.05, 4.69) is 19.9 Å². The van der Waals surface area contributed by atoms with E-state index in [-0.39, 0.29) is 0 Å². The van der Waals surface area contributed by atoms with E-state index in [0.717, 1.165) is 12.8 Å². The molecule has 0 saturated heterocycles. The summed E-state index contributed by atoms with van der Waals surface area (Å²) in [5.74, 6) is 0. The molecule has 0 heterocycles. The van der Waals surface area contributed by atoms with Crippen LogP contribution in [-0.4, -0.2) is 11.7 Å². The Bertz CT molecular complexity index is 160. The van der Waals surface area contributed by atoms with Crippen LogP contribution in [0.3, 0.4) is 0 Å². The first-order chi connectivity index (χ1) is 5.16. The van der Waals surface area contributed by atoms with Gasteiger partial charge in [0.25, 0.3) is 0 Å². The van der Waals surface area contributed by atoms with E-state index in [1.54, 1.807) is 0 Å². The molecule has 0 aliphatic heterocycles. The van der Waals surface area contributed by atoms with Crippen LogP contribution in [0.5, 0.6) is 0 Å². The first kappa shape index (κ1) is 8.79. The maximum absolute atomic E-state index is 8.83. The Labute approximate surface area is 69.1 Å². The Kier molecular flexibility index (Phi) is 2.72. The molecule has 0 aromatic rings. The summed E-state index contributed by atoms with van der Waals surface area (Å²) in [6, 6.07) is 0. The number of allylic oxidation sites excluding steroid dienone is 2. The zero-order valence-corrected chi connectivity index (χ0v) is 7.56. The molecule has 0 amide bonds. The SMILES string of the molecule is CC1=CCC(C)(CCO)CC1. The van der Waals surface area contributed by atoms with Crippen LogP contribution in [0.1, 0.15) is 39.5 Å². The highest BCUT2D eigenvalue weighted by Crippen LogP contribution is 2.37. The van der Waals surface area contributed by atoms with Crippen LogP contribution in [0.4, 0.5) is 0 Å². The van der Waals surface area contributed by atoms with Gasteiger partial charge in [-0.3, -0.25) is 0 Å². The fourth-order valence-electron chi connectivity index (χ4n) is 1.62. The monoisotopic (exact) mass is 154 g/mol. The minimum atomic E-state index is 0.337. The third-order valence-corrected chi connectivity index (χ3v) is 2.78. The Morgan fingerprint density at radius 2 is 2.36 bits per heavy atom. The number of hydrogen-bond donors (Lipinski definition) is 1. The highest BCUT2D eigenvalue weighted by molar-refractivity contribution is 5.05.